The Morgan fingerprint density at radius 1 is 1.60 bits per heavy atom. The minimum atomic E-state index is -0.871. The van der Waals surface area contributed by atoms with Crippen molar-refractivity contribution in [2.75, 3.05) is 0 Å². The monoisotopic (exact) mass is 293 g/mol. The van der Waals surface area contributed by atoms with Crippen LogP contribution in [0.5, 0.6) is 0 Å². The molecule has 1 N–H and O–H groups in total. The average Bonchev–Trinajstić information content (AvgIpc) is 2.12. The van der Waals surface area contributed by atoms with Gasteiger partial charge in [-0.3, -0.25) is 9.59 Å². The Morgan fingerprint density at radius 3 is 2.87 bits per heavy atom. The number of carboxylic acid groups (broad SMARTS) is 1. The van der Waals surface area contributed by atoms with Crippen LogP contribution in [0.2, 0.25) is 5.02 Å². The van der Waals surface area contributed by atoms with Gasteiger partial charge in [-0.15, -0.1) is 0 Å². The van der Waals surface area contributed by atoms with Gasteiger partial charge in [0.1, 0.15) is 0 Å². The summed E-state index contributed by atoms with van der Waals surface area (Å²) in [5.74, 6) is -0.871. The molecule has 0 aliphatic rings. The lowest BCUT2D eigenvalue weighted by Crippen LogP contribution is -2.20. The summed E-state index contributed by atoms with van der Waals surface area (Å²) in [5.41, 5.74) is -0.204. The van der Waals surface area contributed by atoms with Crippen LogP contribution < -0.4 is 5.56 Å². The summed E-state index contributed by atoms with van der Waals surface area (Å²) >= 11 is 8.84. The van der Waals surface area contributed by atoms with Crippen molar-refractivity contribution >= 4 is 33.5 Å². The van der Waals surface area contributed by atoms with Crippen molar-refractivity contribution in [2.45, 2.75) is 19.4 Å². The van der Waals surface area contributed by atoms with Crippen molar-refractivity contribution in [1.29, 1.82) is 0 Å². The average molecular weight is 295 g/mol. The van der Waals surface area contributed by atoms with E-state index in [9.17, 15) is 9.59 Å². The third kappa shape index (κ3) is 3.68. The lowest BCUT2D eigenvalue weighted by atomic mass is 10.3. The van der Waals surface area contributed by atoms with Crippen LogP contribution in [-0.2, 0) is 11.3 Å². The molecule has 1 rings (SSSR count). The van der Waals surface area contributed by atoms with E-state index >= 15 is 0 Å². The second-order valence-electron chi connectivity index (χ2n) is 3.00. The van der Waals surface area contributed by atoms with Crippen LogP contribution in [0.15, 0.2) is 21.5 Å². The van der Waals surface area contributed by atoms with Gasteiger partial charge in [0.25, 0.3) is 5.56 Å². The molecule has 0 aliphatic heterocycles. The maximum Gasteiger partial charge on any atom is 0.303 e. The quantitative estimate of drug-likeness (QED) is 0.925. The number of halogens is 2. The second-order valence-corrected chi connectivity index (χ2v) is 4.29. The summed E-state index contributed by atoms with van der Waals surface area (Å²) in [6, 6.07) is 1.51. The highest BCUT2D eigenvalue weighted by Gasteiger charge is 2.04. The molecule has 0 saturated heterocycles. The maximum absolute atomic E-state index is 11.5. The molecular weight excluding hydrogens is 285 g/mol. The fraction of sp³-hybridized carbons (Fsp3) is 0.333. The van der Waals surface area contributed by atoms with Crippen molar-refractivity contribution in [3.05, 3.63) is 32.1 Å². The third-order valence-electron chi connectivity index (χ3n) is 1.80. The summed E-state index contributed by atoms with van der Waals surface area (Å²) in [5, 5.41) is 8.89. The number of hydrogen-bond acceptors (Lipinski definition) is 2. The van der Waals surface area contributed by atoms with Gasteiger partial charge >= 0.3 is 5.97 Å². The van der Waals surface area contributed by atoms with Gasteiger partial charge in [-0.25, -0.2) is 0 Å². The zero-order valence-electron chi connectivity index (χ0n) is 7.74. The minimum absolute atomic E-state index is 0.0383. The van der Waals surface area contributed by atoms with Gasteiger partial charge in [0.2, 0.25) is 0 Å². The number of hydrogen-bond donors (Lipinski definition) is 1. The smallest absolute Gasteiger partial charge is 0.303 e. The zero-order chi connectivity index (χ0) is 11.4. The molecule has 0 unspecified atom stereocenters. The SMILES string of the molecule is O=C(O)CCCn1cc(Cl)cc(Br)c1=O. The Bertz CT molecular complexity index is 430. The van der Waals surface area contributed by atoms with E-state index in [1.54, 1.807) is 0 Å². The molecule has 0 atom stereocenters. The van der Waals surface area contributed by atoms with Gasteiger partial charge in [-0.2, -0.15) is 0 Å². The van der Waals surface area contributed by atoms with Crippen LogP contribution in [0.1, 0.15) is 12.8 Å². The van der Waals surface area contributed by atoms with E-state index in [-0.39, 0.29) is 12.0 Å². The van der Waals surface area contributed by atoms with Crippen LogP contribution >= 0.6 is 27.5 Å². The summed E-state index contributed by atoms with van der Waals surface area (Å²) < 4.78 is 1.78. The summed E-state index contributed by atoms with van der Waals surface area (Å²) in [6.45, 7) is 0.351. The number of aromatic nitrogens is 1. The van der Waals surface area contributed by atoms with Crippen molar-refractivity contribution in [2.24, 2.45) is 0 Å². The molecule has 4 nitrogen and oxygen atoms in total. The standard InChI is InChI=1S/C9H9BrClNO3/c10-7-4-6(11)5-12(9(7)15)3-1-2-8(13)14/h4-5H,1-3H2,(H,13,14). The Kier molecular flexibility index (Phi) is 4.35. The molecule has 0 aliphatic carbocycles. The van der Waals surface area contributed by atoms with E-state index in [0.29, 0.717) is 22.5 Å². The third-order valence-corrected chi connectivity index (χ3v) is 2.57. The molecular formula is C9H9BrClNO3. The molecule has 82 valence electrons. The van der Waals surface area contributed by atoms with Crippen LogP contribution in [0, 0.1) is 0 Å². The number of pyridine rings is 1. The number of carboxylic acids is 1. The molecule has 1 aromatic rings. The summed E-state index contributed by atoms with van der Waals surface area (Å²) in [4.78, 5) is 21.8. The van der Waals surface area contributed by atoms with Crippen LogP contribution in [0.4, 0.5) is 0 Å². The predicted molar refractivity (Wildman–Crippen MR) is 60.3 cm³/mol. The first-order valence-corrected chi connectivity index (χ1v) is 5.45. The van der Waals surface area contributed by atoms with Gasteiger partial charge in [-0.05, 0) is 28.4 Å². The number of aliphatic carboxylic acids is 1. The van der Waals surface area contributed by atoms with Crippen LogP contribution in [0.3, 0.4) is 0 Å². The maximum atomic E-state index is 11.5. The fourth-order valence-corrected chi connectivity index (χ4v) is 1.96. The van der Waals surface area contributed by atoms with E-state index < -0.39 is 5.97 Å². The molecule has 0 amide bonds. The van der Waals surface area contributed by atoms with Gasteiger partial charge < -0.3 is 9.67 Å². The highest BCUT2D eigenvalue weighted by Crippen LogP contribution is 2.12. The number of nitrogens with zero attached hydrogens (tertiary/aromatic N) is 1. The highest BCUT2D eigenvalue weighted by atomic mass is 79.9. The number of carbonyl (C=O) groups is 1. The first-order chi connectivity index (χ1) is 7.00. The largest absolute Gasteiger partial charge is 0.481 e. The molecule has 0 spiro atoms. The van der Waals surface area contributed by atoms with Gasteiger partial charge in [0, 0.05) is 19.2 Å². The summed E-state index contributed by atoms with van der Waals surface area (Å²) in [6.07, 6.45) is 1.94. The van der Waals surface area contributed by atoms with Gasteiger partial charge in [0.05, 0.1) is 9.50 Å². The lowest BCUT2D eigenvalue weighted by molar-refractivity contribution is -0.137. The van der Waals surface area contributed by atoms with E-state index in [1.807, 2.05) is 0 Å². The fourth-order valence-electron chi connectivity index (χ4n) is 1.13. The van der Waals surface area contributed by atoms with Crippen LogP contribution in [0.25, 0.3) is 0 Å². The second kappa shape index (κ2) is 5.32. The van der Waals surface area contributed by atoms with Crippen molar-refractivity contribution in [3.63, 3.8) is 0 Å². The van der Waals surface area contributed by atoms with E-state index in [0.717, 1.165) is 0 Å². The van der Waals surface area contributed by atoms with Crippen LogP contribution in [-0.4, -0.2) is 15.6 Å². The molecule has 0 fully saturated rings. The Labute approximate surface area is 99.6 Å². The summed E-state index contributed by atoms with van der Waals surface area (Å²) in [7, 11) is 0. The van der Waals surface area contributed by atoms with Gasteiger partial charge in [-0.1, -0.05) is 11.6 Å². The lowest BCUT2D eigenvalue weighted by Gasteiger charge is -2.05. The predicted octanol–water partition coefficient (Wildman–Crippen LogP) is 2.13. The first kappa shape index (κ1) is 12.3. The molecule has 1 aromatic heterocycles. The van der Waals surface area contributed by atoms with Gasteiger partial charge in [0.15, 0.2) is 0 Å². The molecule has 6 heteroatoms. The van der Waals surface area contributed by atoms with E-state index in [1.165, 1.54) is 16.8 Å². The molecule has 1 heterocycles. The Hall–Kier alpha value is -0.810. The molecule has 0 aromatic carbocycles. The minimum Gasteiger partial charge on any atom is -0.481 e. The Morgan fingerprint density at radius 2 is 2.27 bits per heavy atom. The normalized spacial score (nSPS) is 10.3. The molecule has 0 radical (unpaired) electrons. The van der Waals surface area contributed by atoms with Crippen molar-refractivity contribution in [3.8, 4) is 0 Å². The molecule has 0 bridgehead atoms. The number of aryl methyl sites for hydroxylation is 1. The number of rotatable bonds is 4. The molecule has 15 heavy (non-hydrogen) atoms. The molecule has 0 saturated carbocycles. The Balaban J connectivity index is 2.77. The van der Waals surface area contributed by atoms with Crippen molar-refractivity contribution in [1.82, 2.24) is 4.57 Å². The zero-order valence-corrected chi connectivity index (χ0v) is 10.1. The van der Waals surface area contributed by atoms with E-state index in [2.05, 4.69) is 15.9 Å². The first-order valence-electron chi connectivity index (χ1n) is 4.28. The van der Waals surface area contributed by atoms with E-state index in [4.69, 9.17) is 16.7 Å². The highest BCUT2D eigenvalue weighted by molar-refractivity contribution is 9.10. The topological polar surface area (TPSA) is 59.3 Å². The van der Waals surface area contributed by atoms with Crippen molar-refractivity contribution < 1.29 is 9.90 Å².